The van der Waals surface area contributed by atoms with Gasteiger partial charge in [-0.05, 0) is 20.8 Å². The molecular weight excluding hydrogens is 142 g/mol. The lowest BCUT2D eigenvalue weighted by atomic mass is 10.1. The molecule has 0 aromatic heterocycles. The zero-order chi connectivity index (χ0) is 8.91. The molecule has 0 saturated carbocycles. The number of rotatable bonds is 4. The van der Waals surface area contributed by atoms with Crippen LogP contribution in [0.3, 0.4) is 0 Å². The van der Waals surface area contributed by atoms with Crippen LogP contribution in [0.4, 0.5) is 0 Å². The summed E-state index contributed by atoms with van der Waals surface area (Å²) < 4.78 is 0. The van der Waals surface area contributed by atoms with Gasteiger partial charge in [0.25, 0.3) is 0 Å². The summed E-state index contributed by atoms with van der Waals surface area (Å²) in [5, 5.41) is 11.5. The topological polar surface area (TPSA) is 49.3 Å². The van der Waals surface area contributed by atoms with Gasteiger partial charge < -0.3 is 5.11 Å². The van der Waals surface area contributed by atoms with Gasteiger partial charge in [-0.1, -0.05) is 12.2 Å². The molecule has 0 amide bonds. The summed E-state index contributed by atoms with van der Waals surface area (Å²) in [6.45, 7) is 5.77. The minimum Gasteiger partial charge on any atom is -0.480 e. The Hall–Kier alpha value is -0.830. The second-order valence-electron chi connectivity index (χ2n) is 2.88. The Labute approximate surface area is 67.1 Å². The second-order valence-corrected chi connectivity index (χ2v) is 2.88. The molecule has 0 atom stereocenters. The number of aliphatic carboxylic acids is 1. The van der Waals surface area contributed by atoms with Gasteiger partial charge in [0, 0.05) is 6.54 Å². The molecule has 0 rings (SSSR count). The molecule has 0 fully saturated rings. The van der Waals surface area contributed by atoms with Crippen LogP contribution < -0.4 is 5.32 Å². The van der Waals surface area contributed by atoms with E-state index in [4.69, 9.17) is 5.11 Å². The van der Waals surface area contributed by atoms with Crippen LogP contribution in [0.2, 0.25) is 0 Å². The summed E-state index contributed by atoms with van der Waals surface area (Å²) in [6.07, 6.45) is 3.76. The molecule has 0 aliphatic heterocycles. The van der Waals surface area contributed by atoms with Crippen LogP contribution in [0.25, 0.3) is 0 Å². The SMILES string of the molecule is C/C=C/CNC(C)(C)C(=O)O. The van der Waals surface area contributed by atoms with E-state index >= 15 is 0 Å². The zero-order valence-corrected chi connectivity index (χ0v) is 7.22. The lowest BCUT2D eigenvalue weighted by Gasteiger charge is -2.19. The predicted molar refractivity (Wildman–Crippen MR) is 44.5 cm³/mol. The van der Waals surface area contributed by atoms with Crippen molar-refractivity contribution in [3.05, 3.63) is 12.2 Å². The normalized spacial score (nSPS) is 12.3. The summed E-state index contributed by atoms with van der Waals surface area (Å²) in [4.78, 5) is 10.5. The van der Waals surface area contributed by atoms with E-state index in [0.29, 0.717) is 6.54 Å². The van der Waals surface area contributed by atoms with E-state index in [0.717, 1.165) is 0 Å². The summed E-state index contributed by atoms with van der Waals surface area (Å²) >= 11 is 0. The number of allylic oxidation sites excluding steroid dienone is 1. The van der Waals surface area contributed by atoms with Crippen LogP contribution in [0.1, 0.15) is 20.8 Å². The van der Waals surface area contributed by atoms with Crippen molar-refractivity contribution in [2.75, 3.05) is 6.54 Å². The number of hydrogen-bond acceptors (Lipinski definition) is 2. The van der Waals surface area contributed by atoms with E-state index in [1.54, 1.807) is 13.8 Å². The summed E-state index contributed by atoms with van der Waals surface area (Å²) in [5.74, 6) is -0.831. The summed E-state index contributed by atoms with van der Waals surface area (Å²) in [5.41, 5.74) is -0.834. The van der Waals surface area contributed by atoms with Crippen LogP contribution >= 0.6 is 0 Å². The molecule has 3 nitrogen and oxygen atoms in total. The third-order valence-electron chi connectivity index (χ3n) is 1.43. The van der Waals surface area contributed by atoms with Crippen LogP contribution in [0, 0.1) is 0 Å². The number of carbonyl (C=O) groups is 1. The maximum Gasteiger partial charge on any atom is 0.323 e. The van der Waals surface area contributed by atoms with Crippen molar-refractivity contribution in [3.8, 4) is 0 Å². The molecule has 0 aromatic carbocycles. The van der Waals surface area contributed by atoms with Gasteiger partial charge in [-0.25, -0.2) is 0 Å². The third kappa shape index (κ3) is 3.78. The first-order valence-electron chi connectivity index (χ1n) is 3.60. The highest BCUT2D eigenvalue weighted by molar-refractivity contribution is 5.77. The molecule has 64 valence electrons. The van der Waals surface area contributed by atoms with Gasteiger partial charge in [-0.2, -0.15) is 0 Å². The summed E-state index contributed by atoms with van der Waals surface area (Å²) in [7, 11) is 0. The van der Waals surface area contributed by atoms with Gasteiger partial charge in [0.1, 0.15) is 5.54 Å². The Bertz CT molecular complexity index is 161. The van der Waals surface area contributed by atoms with Gasteiger partial charge >= 0.3 is 5.97 Å². The van der Waals surface area contributed by atoms with Crippen molar-refractivity contribution >= 4 is 5.97 Å². The molecule has 2 N–H and O–H groups in total. The Morgan fingerprint density at radius 1 is 1.64 bits per heavy atom. The number of nitrogens with one attached hydrogen (secondary N) is 1. The Balaban J connectivity index is 3.82. The van der Waals surface area contributed by atoms with Crippen molar-refractivity contribution in [3.63, 3.8) is 0 Å². The lowest BCUT2D eigenvalue weighted by molar-refractivity contribution is -0.143. The van der Waals surface area contributed by atoms with Crippen LogP contribution in [-0.4, -0.2) is 23.2 Å². The van der Waals surface area contributed by atoms with E-state index in [2.05, 4.69) is 5.32 Å². The lowest BCUT2D eigenvalue weighted by Crippen LogP contribution is -2.46. The van der Waals surface area contributed by atoms with E-state index in [1.807, 2.05) is 19.1 Å². The fraction of sp³-hybridized carbons (Fsp3) is 0.625. The van der Waals surface area contributed by atoms with Crippen molar-refractivity contribution < 1.29 is 9.90 Å². The first-order valence-corrected chi connectivity index (χ1v) is 3.60. The molecule has 11 heavy (non-hydrogen) atoms. The fourth-order valence-corrected chi connectivity index (χ4v) is 0.508. The highest BCUT2D eigenvalue weighted by Gasteiger charge is 2.24. The van der Waals surface area contributed by atoms with Crippen molar-refractivity contribution in [2.45, 2.75) is 26.3 Å². The molecule has 0 radical (unpaired) electrons. The average molecular weight is 157 g/mol. The largest absolute Gasteiger partial charge is 0.480 e. The highest BCUT2D eigenvalue weighted by Crippen LogP contribution is 2.00. The Kier molecular flexibility index (Phi) is 3.82. The molecule has 0 bridgehead atoms. The maximum atomic E-state index is 10.5. The van der Waals surface area contributed by atoms with Gasteiger partial charge in [0.2, 0.25) is 0 Å². The van der Waals surface area contributed by atoms with E-state index in [-0.39, 0.29) is 0 Å². The summed E-state index contributed by atoms with van der Waals surface area (Å²) in [6, 6.07) is 0. The minimum absolute atomic E-state index is 0.593. The quantitative estimate of drug-likeness (QED) is 0.599. The zero-order valence-electron chi connectivity index (χ0n) is 7.22. The molecule has 0 unspecified atom stereocenters. The number of carboxylic acids is 1. The predicted octanol–water partition coefficient (Wildman–Crippen LogP) is 1.02. The van der Waals surface area contributed by atoms with E-state index in [9.17, 15) is 4.79 Å². The average Bonchev–Trinajstić information content (AvgIpc) is 1.88. The maximum absolute atomic E-state index is 10.5. The smallest absolute Gasteiger partial charge is 0.323 e. The van der Waals surface area contributed by atoms with Crippen molar-refractivity contribution in [1.82, 2.24) is 5.32 Å². The van der Waals surface area contributed by atoms with Gasteiger partial charge in [0.05, 0.1) is 0 Å². The van der Waals surface area contributed by atoms with E-state index < -0.39 is 11.5 Å². The third-order valence-corrected chi connectivity index (χ3v) is 1.43. The Morgan fingerprint density at radius 3 is 2.55 bits per heavy atom. The first kappa shape index (κ1) is 10.2. The molecule has 0 heterocycles. The molecule has 0 spiro atoms. The Morgan fingerprint density at radius 2 is 2.18 bits per heavy atom. The van der Waals surface area contributed by atoms with Gasteiger partial charge in [-0.15, -0.1) is 0 Å². The molecule has 3 heteroatoms. The van der Waals surface area contributed by atoms with Crippen LogP contribution in [-0.2, 0) is 4.79 Å². The van der Waals surface area contributed by atoms with Crippen molar-refractivity contribution in [1.29, 1.82) is 0 Å². The van der Waals surface area contributed by atoms with Crippen LogP contribution in [0.5, 0.6) is 0 Å². The van der Waals surface area contributed by atoms with Crippen LogP contribution in [0.15, 0.2) is 12.2 Å². The highest BCUT2D eigenvalue weighted by atomic mass is 16.4. The first-order chi connectivity index (χ1) is 5.00. The number of carboxylic acid groups (broad SMARTS) is 1. The molecule has 0 saturated heterocycles. The van der Waals surface area contributed by atoms with Crippen molar-refractivity contribution in [2.24, 2.45) is 0 Å². The molecule has 0 aromatic rings. The number of hydrogen-bond donors (Lipinski definition) is 2. The molecule has 0 aliphatic rings. The van der Waals surface area contributed by atoms with E-state index in [1.165, 1.54) is 0 Å². The molecule has 0 aliphatic carbocycles. The monoisotopic (exact) mass is 157 g/mol. The standard InChI is InChI=1S/C8H15NO2/c1-4-5-6-9-8(2,3)7(10)11/h4-5,9H,6H2,1-3H3,(H,10,11)/b5-4+. The second kappa shape index (κ2) is 4.13. The molecular formula is C8H15NO2. The minimum atomic E-state index is -0.834. The fourth-order valence-electron chi connectivity index (χ4n) is 0.508. The van der Waals surface area contributed by atoms with Gasteiger partial charge in [-0.3, -0.25) is 10.1 Å². The van der Waals surface area contributed by atoms with Gasteiger partial charge in [0.15, 0.2) is 0 Å².